The Balaban J connectivity index is 1.65. The molecule has 0 saturated carbocycles. The molecule has 4 rings (SSSR count). The van der Waals surface area contributed by atoms with E-state index in [2.05, 4.69) is 5.32 Å². The molecule has 2 N–H and O–H groups in total. The van der Waals surface area contributed by atoms with Crippen molar-refractivity contribution in [2.45, 2.75) is 57.0 Å². The van der Waals surface area contributed by atoms with E-state index >= 15 is 0 Å². The summed E-state index contributed by atoms with van der Waals surface area (Å²) in [5.41, 5.74) is -0.129. The molecule has 0 radical (unpaired) electrons. The molecule has 8 heteroatoms. The van der Waals surface area contributed by atoms with Gasteiger partial charge in [0.15, 0.2) is 0 Å². The lowest BCUT2D eigenvalue weighted by Gasteiger charge is -2.35. The van der Waals surface area contributed by atoms with Gasteiger partial charge in [0.25, 0.3) is 0 Å². The van der Waals surface area contributed by atoms with Crippen molar-refractivity contribution in [2.75, 3.05) is 13.2 Å². The number of hydrogen-bond donors (Lipinski definition) is 2. The molecule has 3 heterocycles. The number of fused-ring (bicyclic) bond motifs is 1. The molecule has 1 aromatic carbocycles. The van der Waals surface area contributed by atoms with E-state index in [1.807, 2.05) is 30.3 Å². The van der Waals surface area contributed by atoms with Crippen molar-refractivity contribution in [3.8, 4) is 0 Å². The zero-order valence-corrected chi connectivity index (χ0v) is 17.2. The number of likely N-dealkylation sites (tertiary alicyclic amines) is 1. The van der Waals surface area contributed by atoms with Crippen LogP contribution in [0.2, 0.25) is 0 Å². The number of aliphatic hydroxyl groups is 1. The Morgan fingerprint density at radius 3 is 2.77 bits per heavy atom. The number of esters is 1. The molecule has 1 aromatic rings. The molecule has 2 amide bonds. The summed E-state index contributed by atoms with van der Waals surface area (Å²) in [6, 6.07) is 8.02. The maximum absolute atomic E-state index is 13.4. The van der Waals surface area contributed by atoms with Crippen molar-refractivity contribution >= 4 is 17.8 Å². The van der Waals surface area contributed by atoms with Crippen molar-refractivity contribution in [3.05, 3.63) is 35.9 Å². The van der Waals surface area contributed by atoms with E-state index < -0.39 is 41.6 Å². The molecule has 30 heavy (non-hydrogen) atoms. The quantitative estimate of drug-likeness (QED) is 0.632. The molecular formula is C22H28N2O6. The molecule has 3 saturated heterocycles. The summed E-state index contributed by atoms with van der Waals surface area (Å²) in [6.45, 7) is 3.66. The van der Waals surface area contributed by atoms with Gasteiger partial charge in [-0.2, -0.15) is 0 Å². The molecular weight excluding hydrogens is 388 g/mol. The molecule has 162 valence electrons. The average molecular weight is 416 g/mol. The lowest BCUT2D eigenvalue weighted by molar-refractivity contribution is -0.155. The van der Waals surface area contributed by atoms with Crippen LogP contribution in [0, 0.1) is 11.8 Å². The van der Waals surface area contributed by atoms with Crippen LogP contribution in [-0.2, 0) is 30.4 Å². The molecule has 2 unspecified atom stereocenters. The molecule has 3 aliphatic heterocycles. The van der Waals surface area contributed by atoms with Gasteiger partial charge in [0.05, 0.1) is 37.2 Å². The van der Waals surface area contributed by atoms with Crippen LogP contribution in [0.4, 0.5) is 0 Å². The number of nitrogens with zero attached hydrogens (tertiary/aromatic N) is 1. The van der Waals surface area contributed by atoms with E-state index in [0.29, 0.717) is 19.4 Å². The standard InChI is InChI=1S/C22H28N2O6/c1-3-29-21(28)16-15-9-10-22(30-15)17(16)20(27)24(13(2)12-25)18(22)19(26)23-11-14-7-5-4-6-8-14/h4-8,13,15-18,25H,3,9-12H2,1-2H3,(H,23,26)/t13-,15+,16-,17+,18?,22?/m1/s1. The van der Waals surface area contributed by atoms with Crippen molar-refractivity contribution in [3.63, 3.8) is 0 Å². The third-order valence-electron chi connectivity index (χ3n) is 6.59. The zero-order chi connectivity index (χ0) is 21.5. The third-order valence-corrected chi connectivity index (χ3v) is 6.59. The first-order valence-corrected chi connectivity index (χ1v) is 10.5. The highest BCUT2D eigenvalue weighted by Gasteiger charge is 2.75. The number of rotatable bonds is 7. The summed E-state index contributed by atoms with van der Waals surface area (Å²) in [6.07, 6.45) is 0.688. The zero-order valence-electron chi connectivity index (χ0n) is 17.2. The van der Waals surface area contributed by atoms with Crippen LogP contribution in [0.5, 0.6) is 0 Å². The molecule has 3 fully saturated rings. The van der Waals surface area contributed by atoms with Gasteiger partial charge in [0.1, 0.15) is 11.6 Å². The minimum atomic E-state index is -1.07. The van der Waals surface area contributed by atoms with Crippen molar-refractivity contribution in [1.82, 2.24) is 10.2 Å². The Morgan fingerprint density at radius 1 is 1.37 bits per heavy atom. The number of benzene rings is 1. The Hall–Kier alpha value is -2.45. The molecule has 0 aliphatic carbocycles. The average Bonchev–Trinajstić information content (AvgIpc) is 3.39. The lowest BCUT2D eigenvalue weighted by atomic mass is 9.71. The predicted octanol–water partition coefficient (Wildman–Crippen LogP) is 0.621. The van der Waals surface area contributed by atoms with Gasteiger partial charge in [-0.25, -0.2) is 0 Å². The number of amides is 2. The van der Waals surface area contributed by atoms with Crippen molar-refractivity contribution in [1.29, 1.82) is 0 Å². The summed E-state index contributed by atoms with van der Waals surface area (Å²) in [4.78, 5) is 40.8. The Kier molecular flexibility index (Phi) is 5.55. The first-order chi connectivity index (χ1) is 14.4. The van der Waals surface area contributed by atoms with Crippen LogP contribution in [-0.4, -0.2) is 64.8 Å². The molecule has 2 bridgehead atoms. The predicted molar refractivity (Wildman–Crippen MR) is 106 cm³/mol. The lowest BCUT2D eigenvalue weighted by Crippen LogP contribution is -2.57. The highest BCUT2D eigenvalue weighted by Crippen LogP contribution is 2.58. The Labute approximate surface area is 175 Å². The van der Waals surface area contributed by atoms with Crippen LogP contribution in [0.1, 0.15) is 32.3 Å². The van der Waals surface area contributed by atoms with E-state index in [9.17, 15) is 19.5 Å². The maximum atomic E-state index is 13.4. The van der Waals surface area contributed by atoms with Gasteiger partial charge < -0.3 is 24.8 Å². The first kappa shape index (κ1) is 20.8. The van der Waals surface area contributed by atoms with E-state index in [0.717, 1.165) is 5.56 Å². The van der Waals surface area contributed by atoms with Crippen LogP contribution in [0.15, 0.2) is 30.3 Å². The minimum absolute atomic E-state index is 0.216. The first-order valence-electron chi connectivity index (χ1n) is 10.5. The minimum Gasteiger partial charge on any atom is -0.466 e. The molecule has 3 aliphatic rings. The summed E-state index contributed by atoms with van der Waals surface area (Å²) in [5, 5.41) is 12.7. The van der Waals surface area contributed by atoms with E-state index in [1.165, 1.54) is 4.90 Å². The topological polar surface area (TPSA) is 105 Å². The normalized spacial score (nSPS) is 32.8. The van der Waals surface area contributed by atoms with Gasteiger partial charge in [0.2, 0.25) is 11.8 Å². The maximum Gasteiger partial charge on any atom is 0.312 e. The fraction of sp³-hybridized carbons (Fsp3) is 0.591. The van der Waals surface area contributed by atoms with E-state index in [4.69, 9.17) is 9.47 Å². The number of carbonyl (C=O) groups is 3. The summed E-state index contributed by atoms with van der Waals surface area (Å²) < 4.78 is 11.5. The SMILES string of the molecule is CCOC(=O)[C@@H]1[C@@H]2CCC3(O2)C(C(=O)NCc2ccccc2)N([C@H](C)CO)C(=O)[C@H]13. The second kappa shape index (κ2) is 8.00. The van der Waals surface area contributed by atoms with Gasteiger partial charge in [-0.15, -0.1) is 0 Å². The molecule has 6 atom stereocenters. The molecule has 1 spiro atoms. The highest BCUT2D eigenvalue weighted by atomic mass is 16.6. The largest absolute Gasteiger partial charge is 0.466 e. The van der Waals surface area contributed by atoms with Crippen LogP contribution in [0.25, 0.3) is 0 Å². The number of aliphatic hydroxyl groups excluding tert-OH is 1. The smallest absolute Gasteiger partial charge is 0.312 e. The summed E-state index contributed by atoms with van der Waals surface area (Å²) in [7, 11) is 0. The number of nitrogens with one attached hydrogen (secondary N) is 1. The second-order valence-electron chi connectivity index (χ2n) is 8.29. The second-order valence-corrected chi connectivity index (χ2v) is 8.29. The van der Waals surface area contributed by atoms with Gasteiger partial charge in [0, 0.05) is 6.54 Å². The van der Waals surface area contributed by atoms with Gasteiger partial charge in [-0.05, 0) is 32.3 Å². The van der Waals surface area contributed by atoms with Gasteiger partial charge >= 0.3 is 5.97 Å². The number of hydrogen-bond acceptors (Lipinski definition) is 6. The number of ether oxygens (including phenoxy) is 2. The summed E-state index contributed by atoms with van der Waals surface area (Å²) in [5.74, 6) is -2.59. The third kappa shape index (κ3) is 3.09. The van der Waals surface area contributed by atoms with Crippen molar-refractivity contribution < 1.29 is 29.0 Å². The van der Waals surface area contributed by atoms with E-state index in [-0.39, 0.29) is 25.0 Å². The Morgan fingerprint density at radius 2 is 2.10 bits per heavy atom. The van der Waals surface area contributed by atoms with Crippen LogP contribution in [0.3, 0.4) is 0 Å². The van der Waals surface area contributed by atoms with Gasteiger partial charge in [-0.3, -0.25) is 14.4 Å². The fourth-order valence-electron chi connectivity index (χ4n) is 5.34. The highest BCUT2D eigenvalue weighted by molar-refractivity contribution is 5.98. The van der Waals surface area contributed by atoms with Crippen LogP contribution >= 0.6 is 0 Å². The monoisotopic (exact) mass is 416 g/mol. The van der Waals surface area contributed by atoms with Gasteiger partial charge in [-0.1, -0.05) is 30.3 Å². The molecule has 8 nitrogen and oxygen atoms in total. The van der Waals surface area contributed by atoms with Crippen molar-refractivity contribution in [2.24, 2.45) is 11.8 Å². The van der Waals surface area contributed by atoms with Crippen LogP contribution < -0.4 is 5.32 Å². The molecule has 0 aromatic heterocycles. The van der Waals surface area contributed by atoms with E-state index in [1.54, 1.807) is 13.8 Å². The Bertz CT molecular complexity index is 830. The fourth-order valence-corrected chi connectivity index (χ4v) is 5.34. The summed E-state index contributed by atoms with van der Waals surface area (Å²) >= 11 is 0. The number of carbonyl (C=O) groups excluding carboxylic acids is 3.